The number of benzene rings is 1. The lowest BCUT2D eigenvalue weighted by atomic mass is 9.89. The molecule has 0 bridgehead atoms. The van der Waals surface area contributed by atoms with Gasteiger partial charge in [-0.1, -0.05) is 12.1 Å². The molecule has 6 N–H and O–H groups in total. The molecule has 1 aromatic carbocycles. The van der Waals surface area contributed by atoms with Crippen molar-refractivity contribution in [3.8, 4) is 0 Å². The minimum absolute atomic E-state index is 0.424. The molecule has 1 aromatic heterocycles. The molecule has 2 rings (SSSR count). The van der Waals surface area contributed by atoms with Crippen molar-refractivity contribution in [1.82, 2.24) is 4.98 Å². The average Bonchev–Trinajstić information content (AvgIpc) is 2.95. The maximum atomic E-state index is 11.6. The normalized spacial score (nSPS) is 12.2. The molecule has 1 heterocycles. The first-order chi connectivity index (χ1) is 10.4. The first-order valence-corrected chi connectivity index (χ1v) is 7.85. The summed E-state index contributed by atoms with van der Waals surface area (Å²) in [5, 5.41) is 10.6. The van der Waals surface area contributed by atoms with Crippen LogP contribution in [0.1, 0.15) is 18.4 Å². The third kappa shape index (κ3) is 4.70. The topological polar surface area (TPSA) is 125 Å². The number of aliphatic carboxylic acids is 1. The Hall–Kier alpha value is -1.61. The standard InChI is InChI=1S/C12H11NO3S2.2CH5N/c1-12(11(16)17,6-9(14)15)10-13-7-4-2-3-5-8(7)18-10;2*1-2/h2-5H,6H2,1H3,(H,14,15)(H,16,17);2*2H2,1H3. The molecule has 8 heteroatoms. The number of thiazole rings is 1. The van der Waals surface area contributed by atoms with Crippen molar-refractivity contribution in [2.45, 2.75) is 18.8 Å². The fourth-order valence-corrected chi connectivity index (χ4v) is 2.97. The second kappa shape index (κ2) is 9.42. The van der Waals surface area contributed by atoms with Gasteiger partial charge in [0.05, 0.1) is 29.7 Å². The minimum atomic E-state index is -1.31. The van der Waals surface area contributed by atoms with E-state index in [4.69, 9.17) is 0 Å². The summed E-state index contributed by atoms with van der Waals surface area (Å²) in [6.07, 6.45) is -0.449. The van der Waals surface area contributed by atoms with E-state index in [1.54, 1.807) is 14.1 Å². The number of carboxylic acid groups (broad SMARTS) is 1. The number of carbonyl (C=O) groups excluding carboxylic acids is 2. The number of aromatic nitrogens is 1. The summed E-state index contributed by atoms with van der Waals surface area (Å²) < 4.78 is 0.897. The van der Waals surface area contributed by atoms with Crippen LogP contribution in [-0.4, -0.2) is 30.2 Å². The SMILES string of the molecule is CC(CC(=O)[O-])(C(=O)[S-])c1nc2ccccc2s1.C[NH3+].C[NH3+]. The van der Waals surface area contributed by atoms with E-state index in [1.165, 1.54) is 18.3 Å². The van der Waals surface area contributed by atoms with Gasteiger partial charge in [-0.3, -0.25) is 0 Å². The van der Waals surface area contributed by atoms with Crippen molar-refractivity contribution in [3.05, 3.63) is 29.3 Å². The molecule has 2 aromatic rings. The van der Waals surface area contributed by atoms with Crippen molar-refractivity contribution >= 4 is 45.3 Å². The number of hydrogen-bond acceptors (Lipinski definition) is 6. The highest BCUT2D eigenvalue weighted by Gasteiger charge is 2.31. The Balaban J connectivity index is 0.00000102. The van der Waals surface area contributed by atoms with Gasteiger partial charge >= 0.3 is 0 Å². The van der Waals surface area contributed by atoms with Gasteiger partial charge in [0.2, 0.25) is 0 Å². The summed E-state index contributed by atoms with van der Waals surface area (Å²) in [6, 6.07) is 7.36. The van der Waals surface area contributed by atoms with Gasteiger partial charge in [-0.2, -0.15) is 0 Å². The summed E-state index contributed by atoms with van der Waals surface area (Å²) in [6.45, 7) is 1.50. The Morgan fingerprint density at radius 1 is 1.27 bits per heavy atom. The summed E-state index contributed by atoms with van der Waals surface area (Å²) in [7, 11) is 3.50. The zero-order valence-electron chi connectivity index (χ0n) is 12.9. The predicted molar refractivity (Wildman–Crippen MR) is 86.6 cm³/mol. The Labute approximate surface area is 138 Å². The lowest BCUT2D eigenvalue weighted by molar-refractivity contribution is -0.325. The van der Waals surface area contributed by atoms with Crippen LogP contribution in [0, 0.1) is 0 Å². The lowest BCUT2D eigenvalue weighted by Gasteiger charge is -2.29. The maximum absolute atomic E-state index is 11.6. The van der Waals surface area contributed by atoms with Crippen LogP contribution < -0.4 is 16.6 Å². The highest BCUT2D eigenvalue weighted by atomic mass is 32.1. The number of rotatable bonds is 4. The van der Waals surface area contributed by atoms with Gasteiger partial charge in [-0.05, 0) is 19.1 Å². The highest BCUT2D eigenvalue weighted by molar-refractivity contribution is 7.77. The Morgan fingerprint density at radius 2 is 1.82 bits per heavy atom. The zero-order chi connectivity index (χ0) is 17.3. The zero-order valence-corrected chi connectivity index (χ0v) is 14.6. The summed E-state index contributed by atoms with van der Waals surface area (Å²) >= 11 is 5.94. The third-order valence-corrected chi connectivity index (χ3v) is 4.47. The summed E-state index contributed by atoms with van der Waals surface area (Å²) in [4.78, 5) is 26.6. The molecule has 122 valence electrons. The van der Waals surface area contributed by atoms with E-state index in [0.29, 0.717) is 5.01 Å². The van der Waals surface area contributed by atoms with Crippen LogP contribution in [0.5, 0.6) is 0 Å². The molecule has 0 aliphatic rings. The molecule has 1 unspecified atom stereocenters. The van der Waals surface area contributed by atoms with Crippen molar-refractivity contribution in [2.75, 3.05) is 14.1 Å². The molecule has 0 spiro atoms. The molecule has 1 atom stereocenters. The molecule has 0 saturated carbocycles. The van der Waals surface area contributed by atoms with Crippen LogP contribution in [0.4, 0.5) is 0 Å². The van der Waals surface area contributed by atoms with Crippen molar-refractivity contribution in [3.63, 3.8) is 0 Å². The van der Waals surface area contributed by atoms with E-state index in [-0.39, 0.29) is 0 Å². The Morgan fingerprint density at radius 3 is 2.27 bits per heavy atom. The van der Waals surface area contributed by atoms with Crippen LogP contribution in [0.3, 0.4) is 0 Å². The average molecular weight is 343 g/mol. The van der Waals surface area contributed by atoms with Gasteiger partial charge in [-0.25, -0.2) is 4.98 Å². The number of carbonyl (C=O) groups is 2. The number of carboxylic acids is 1. The Kier molecular flexibility index (Phi) is 8.73. The first-order valence-electron chi connectivity index (χ1n) is 6.62. The number of nitrogens with zero attached hydrogens (tertiary/aromatic N) is 1. The lowest BCUT2D eigenvalue weighted by Crippen LogP contribution is -2.40. The largest absolute Gasteiger partial charge is 0.741 e. The quantitative estimate of drug-likeness (QED) is 0.652. The van der Waals surface area contributed by atoms with Crippen molar-refractivity contribution < 1.29 is 26.2 Å². The van der Waals surface area contributed by atoms with Crippen LogP contribution in [0.2, 0.25) is 0 Å². The van der Waals surface area contributed by atoms with Gasteiger partial charge in [-0.15, -0.1) is 11.3 Å². The van der Waals surface area contributed by atoms with Gasteiger partial charge in [0.15, 0.2) is 0 Å². The Bertz CT molecular complexity index is 598. The molecule has 0 saturated heterocycles. The maximum Gasteiger partial charge on any atom is 0.106 e. The van der Waals surface area contributed by atoms with Crippen LogP contribution in [0.25, 0.3) is 10.2 Å². The van der Waals surface area contributed by atoms with E-state index in [9.17, 15) is 14.7 Å². The summed E-state index contributed by atoms with van der Waals surface area (Å²) in [5.74, 6) is -1.31. The van der Waals surface area contributed by atoms with E-state index >= 15 is 0 Å². The number of fused-ring (bicyclic) bond motifs is 1. The molecule has 6 nitrogen and oxygen atoms in total. The fraction of sp³-hybridized carbons (Fsp3) is 0.357. The predicted octanol–water partition coefficient (Wildman–Crippen LogP) is -1.52. The molecular weight excluding hydrogens is 322 g/mol. The molecule has 0 fully saturated rings. The minimum Gasteiger partial charge on any atom is -0.741 e. The fourth-order valence-electron chi connectivity index (χ4n) is 1.63. The number of quaternary nitrogens is 2. The van der Waals surface area contributed by atoms with Gasteiger partial charge in [0.25, 0.3) is 0 Å². The number of para-hydroxylation sites is 1. The summed E-state index contributed by atoms with van der Waals surface area (Å²) in [5.41, 5.74) is 5.94. The van der Waals surface area contributed by atoms with Crippen molar-refractivity contribution in [1.29, 1.82) is 0 Å². The van der Waals surface area contributed by atoms with Crippen LogP contribution in [-0.2, 0) is 27.6 Å². The van der Waals surface area contributed by atoms with E-state index in [0.717, 1.165) is 10.2 Å². The molecular formula is C14H21N3O3S2. The van der Waals surface area contributed by atoms with Gasteiger partial charge in [0.1, 0.15) is 5.01 Å². The van der Waals surface area contributed by atoms with Gasteiger partial charge < -0.3 is 38.8 Å². The highest BCUT2D eigenvalue weighted by Crippen LogP contribution is 2.34. The van der Waals surface area contributed by atoms with Gasteiger partial charge in [0, 0.05) is 17.5 Å². The van der Waals surface area contributed by atoms with E-state index in [2.05, 4.69) is 29.1 Å². The molecule has 0 aliphatic heterocycles. The molecule has 0 aliphatic carbocycles. The molecule has 0 amide bonds. The second-order valence-electron chi connectivity index (χ2n) is 4.16. The number of hydrogen-bond donors (Lipinski definition) is 2. The van der Waals surface area contributed by atoms with Crippen LogP contribution >= 0.6 is 11.3 Å². The third-order valence-electron chi connectivity index (χ3n) is 2.71. The monoisotopic (exact) mass is 343 g/mol. The molecule has 0 radical (unpaired) electrons. The second-order valence-corrected chi connectivity index (χ2v) is 5.56. The van der Waals surface area contributed by atoms with E-state index in [1.807, 2.05) is 24.3 Å². The van der Waals surface area contributed by atoms with Crippen LogP contribution in [0.15, 0.2) is 24.3 Å². The molecule has 22 heavy (non-hydrogen) atoms. The van der Waals surface area contributed by atoms with Crippen molar-refractivity contribution in [2.24, 2.45) is 0 Å². The smallest absolute Gasteiger partial charge is 0.106 e. The first kappa shape index (κ1) is 20.4. The van der Waals surface area contributed by atoms with E-state index < -0.39 is 22.9 Å².